The van der Waals surface area contributed by atoms with E-state index in [-0.39, 0.29) is 10.8 Å². The van der Waals surface area contributed by atoms with Crippen LogP contribution in [0.25, 0.3) is 22.6 Å². The molecule has 1 aliphatic heterocycles. The number of carbonyl (C=O) groups is 1. The number of hydrogen-bond donors (Lipinski definition) is 1. The summed E-state index contributed by atoms with van der Waals surface area (Å²) in [5, 5.41) is 12.0. The first kappa shape index (κ1) is 24.0. The van der Waals surface area contributed by atoms with E-state index in [1.807, 2.05) is 32.0 Å². The van der Waals surface area contributed by atoms with Gasteiger partial charge < -0.3 is 5.32 Å². The van der Waals surface area contributed by atoms with Crippen LogP contribution in [0.3, 0.4) is 0 Å². The molecule has 1 saturated heterocycles. The maximum atomic E-state index is 13.3. The molecular weight excluding hydrogens is 502 g/mol. The summed E-state index contributed by atoms with van der Waals surface area (Å²) in [7, 11) is -3.48. The van der Waals surface area contributed by atoms with Crippen LogP contribution in [-0.2, 0) is 10.0 Å². The maximum absolute atomic E-state index is 13.3. The average Bonchev–Trinajstić information content (AvgIpc) is 3.47. The van der Waals surface area contributed by atoms with Crippen LogP contribution < -0.4 is 5.32 Å². The third-order valence-electron chi connectivity index (χ3n) is 6.66. The van der Waals surface area contributed by atoms with E-state index in [1.54, 1.807) is 53.5 Å². The lowest BCUT2D eigenvalue weighted by Crippen LogP contribution is -2.41. The van der Waals surface area contributed by atoms with Gasteiger partial charge >= 0.3 is 0 Å². The standard InChI is InChI=1S/C27H25N7O3S/c1-18-5-10-24(19(2)15-18)34-25(30-27(35)22-17-29-33-14-3-11-28-26(22)33)16-23(31-34)20-6-8-21(9-7-20)38(36,37)32-12-4-13-32/h3,5-11,14-17H,4,12-13H2,1-2H3,(H,30,35). The predicted molar refractivity (Wildman–Crippen MR) is 143 cm³/mol. The Kier molecular flexibility index (Phi) is 5.81. The molecule has 0 atom stereocenters. The van der Waals surface area contributed by atoms with Crippen molar-refractivity contribution >= 4 is 27.4 Å². The van der Waals surface area contributed by atoms with Crippen LogP contribution in [0.15, 0.2) is 78.1 Å². The molecule has 1 amide bonds. The lowest BCUT2D eigenvalue weighted by molar-refractivity contribution is 0.102. The van der Waals surface area contributed by atoms with Crippen molar-refractivity contribution in [2.24, 2.45) is 0 Å². The molecule has 10 nitrogen and oxygen atoms in total. The Hall–Kier alpha value is -4.35. The second-order valence-corrected chi connectivity index (χ2v) is 11.2. The minimum atomic E-state index is -3.48. The molecule has 0 saturated carbocycles. The molecular formula is C27H25N7O3S. The maximum Gasteiger partial charge on any atom is 0.262 e. The van der Waals surface area contributed by atoms with Crippen LogP contribution in [0.5, 0.6) is 0 Å². The fraction of sp³-hybridized carbons (Fsp3) is 0.185. The minimum Gasteiger partial charge on any atom is -0.306 e. The van der Waals surface area contributed by atoms with Gasteiger partial charge in [0.25, 0.3) is 5.91 Å². The molecule has 0 bridgehead atoms. The number of aryl methyl sites for hydroxylation is 2. The van der Waals surface area contributed by atoms with E-state index in [0.29, 0.717) is 35.8 Å². The van der Waals surface area contributed by atoms with Crippen LogP contribution in [0, 0.1) is 13.8 Å². The Labute approximate surface area is 219 Å². The monoisotopic (exact) mass is 527 g/mol. The first-order chi connectivity index (χ1) is 18.3. The lowest BCUT2D eigenvalue weighted by Gasteiger charge is -2.29. The Bertz CT molecular complexity index is 1790. The normalized spacial score (nSPS) is 13.9. The molecule has 38 heavy (non-hydrogen) atoms. The van der Waals surface area contributed by atoms with Gasteiger partial charge in [0.15, 0.2) is 5.65 Å². The summed E-state index contributed by atoms with van der Waals surface area (Å²) in [6.07, 6.45) is 5.70. The van der Waals surface area contributed by atoms with Crippen LogP contribution in [0.2, 0.25) is 0 Å². The lowest BCUT2D eigenvalue weighted by atomic mass is 10.1. The molecule has 192 valence electrons. The van der Waals surface area contributed by atoms with E-state index in [9.17, 15) is 13.2 Å². The number of carbonyl (C=O) groups excluding carboxylic acids is 1. The molecule has 0 radical (unpaired) electrons. The van der Waals surface area contributed by atoms with Gasteiger partial charge in [0.05, 0.1) is 22.5 Å². The highest BCUT2D eigenvalue weighted by atomic mass is 32.2. The van der Waals surface area contributed by atoms with Gasteiger partial charge in [-0.1, -0.05) is 29.8 Å². The smallest absolute Gasteiger partial charge is 0.262 e. The van der Waals surface area contributed by atoms with Crippen LogP contribution in [-0.4, -0.2) is 56.1 Å². The topological polar surface area (TPSA) is 114 Å². The summed E-state index contributed by atoms with van der Waals surface area (Å²) < 4.78 is 30.2. The van der Waals surface area contributed by atoms with Crippen LogP contribution >= 0.6 is 0 Å². The fourth-order valence-corrected chi connectivity index (χ4v) is 6.00. The molecule has 1 fully saturated rings. The summed E-state index contributed by atoms with van der Waals surface area (Å²) in [6, 6.07) is 16.2. The van der Waals surface area contributed by atoms with Crippen LogP contribution in [0.1, 0.15) is 27.9 Å². The zero-order chi connectivity index (χ0) is 26.4. The van der Waals surface area contributed by atoms with Gasteiger partial charge in [0, 0.05) is 37.1 Å². The molecule has 1 N–H and O–H groups in total. The second-order valence-electron chi connectivity index (χ2n) is 9.30. The third kappa shape index (κ3) is 4.15. The van der Waals surface area contributed by atoms with Gasteiger partial charge in [0.2, 0.25) is 10.0 Å². The molecule has 6 rings (SSSR count). The Morgan fingerprint density at radius 1 is 1.03 bits per heavy atom. The van der Waals surface area contributed by atoms with E-state index in [2.05, 4.69) is 15.4 Å². The van der Waals surface area contributed by atoms with Crippen molar-refractivity contribution < 1.29 is 13.2 Å². The highest BCUT2D eigenvalue weighted by Crippen LogP contribution is 2.29. The number of nitrogens with one attached hydrogen (secondary N) is 1. The van der Waals surface area contributed by atoms with Gasteiger partial charge in [-0.15, -0.1) is 0 Å². The van der Waals surface area contributed by atoms with Gasteiger partial charge in [-0.2, -0.15) is 14.5 Å². The van der Waals surface area contributed by atoms with E-state index in [0.717, 1.165) is 28.8 Å². The van der Waals surface area contributed by atoms with Gasteiger partial charge in [0.1, 0.15) is 11.4 Å². The number of amides is 1. The van der Waals surface area contributed by atoms with Gasteiger partial charge in [-0.05, 0) is 50.1 Å². The van der Waals surface area contributed by atoms with E-state index in [4.69, 9.17) is 5.10 Å². The van der Waals surface area contributed by atoms with Crippen molar-refractivity contribution in [2.75, 3.05) is 18.4 Å². The number of benzene rings is 2. The van der Waals surface area contributed by atoms with Crippen molar-refractivity contribution in [3.63, 3.8) is 0 Å². The number of sulfonamides is 1. The Balaban J connectivity index is 1.38. The molecule has 3 aromatic heterocycles. The quantitative estimate of drug-likeness (QED) is 0.359. The van der Waals surface area contributed by atoms with Crippen molar-refractivity contribution in [2.45, 2.75) is 25.2 Å². The number of hydrogen-bond acceptors (Lipinski definition) is 6. The predicted octanol–water partition coefficient (Wildman–Crippen LogP) is 3.85. The summed E-state index contributed by atoms with van der Waals surface area (Å²) >= 11 is 0. The first-order valence-electron chi connectivity index (χ1n) is 12.2. The summed E-state index contributed by atoms with van der Waals surface area (Å²) in [4.78, 5) is 17.8. The molecule has 0 unspecified atom stereocenters. The largest absolute Gasteiger partial charge is 0.306 e. The molecule has 2 aromatic carbocycles. The van der Waals surface area contributed by atoms with Crippen molar-refractivity contribution in [1.82, 2.24) is 28.7 Å². The van der Waals surface area contributed by atoms with Crippen molar-refractivity contribution in [1.29, 1.82) is 0 Å². The first-order valence-corrected chi connectivity index (χ1v) is 13.6. The van der Waals surface area contributed by atoms with Gasteiger partial charge in [-0.3, -0.25) is 4.79 Å². The van der Waals surface area contributed by atoms with E-state index in [1.165, 1.54) is 15.0 Å². The molecule has 4 heterocycles. The number of fused-ring (bicyclic) bond motifs is 1. The zero-order valence-corrected chi connectivity index (χ0v) is 21.7. The van der Waals surface area contributed by atoms with E-state index >= 15 is 0 Å². The Morgan fingerprint density at radius 3 is 2.53 bits per heavy atom. The highest BCUT2D eigenvalue weighted by molar-refractivity contribution is 7.89. The number of nitrogens with zero attached hydrogens (tertiary/aromatic N) is 6. The summed E-state index contributed by atoms with van der Waals surface area (Å²) in [5.41, 5.74) is 5.01. The number of aromatic nitrogens is 5. The van der Waals surface area contributed by atoms with Crippen molar-refractivity contribution in [3.05, 3.63) is 89.9 Å². The van der Waals surface area contributed by atoms with Crippen molar-refractivity contribution in [3.8, 4) is 16.9 Å². The highest BCUT2D eigenvalue weighted by Gasteiger charge is 2.29. The zero-order valence-electron chi connectivity index (χ0n) is 20.9. The summed E-state index contributed by atoms with van der Waals surface area (Å²) in [5.74, 6) is 0.0941. The average molecular weight is 528 g/mol. The molecule has 0 spiro atoms. The SMILES string of the molecule is Cc1ccc(-n2nc(-c3ccc(S(=O)(=O)N4CCC4)cc3)cc2NC(=O)c2cnn3cccnc23)c(C)c1. The second kappa shape index (κ2) is 9.19. The number of rotatable bonds is 6. The van der Waals surface area contributed by atoms with Gasteiger partial charge in [-0.25, -0.2) is 22.6 Å². The molecule has 0 aliphatic carbocycles. The number of anilines is 1. The Morgan fingerprint density at radius 2 is 1.82 bits per heavy atom. The molecule has 5 aromatic rings. The fourth-order valence-electron chi connectivity index (χ4n) is 4.48. The van der Waals surface area contributed by atoms with Crippen LogP contribution in [0.4, 0.5) is 5.82 Å². The summed E-state index contributed by atoms with van der Waals surface area (Å²) in [6.45, 7) is 5.10. The third-order valence-corrected chi connectivity index (χ3v) is 8.57. The van der Waals surface area contributed by atoms with E-state index < -0.39 is 10.0 Å². The molecule has 1 aliphatic rings. The molecule has 11 heteroatoms. The minimum absolute atomic E-state index is 0.254.